The Labute approximate surface area is 218 Å². The molecule has 5 rings (SSSR count). The number of methoxy groups -OCH3 is 3. The number of amides is 1. The Balaban J connectivity index is 1.34. The van der Waals surface area contributed by atoms with Crippen molar-refractivity contribution in [2.75, 3.05) is 41.0 Å². The highest BCUT2D eigenvalue weighted by Gasteiger charge is 2.54. The number of aromatic hydroxyl groups is 1. The van der Waals surface area contributed by atoms with Crippen LogP contribution in [-0.4, -0.2) is 61.8 Å². The molecule has 0 radical (unpaired) electrons. The van der Waals surface area contributed by atoms with Crippen molar-refractivity contribution in [1.29, 1.82) is 0 Å². The summed E-state index contributed by atoms with van der Waals surface area (Å²) in [6.45, 7) is 3.00. The van der Waals surface area contributed by atoms with Crippen LogP contribution in [0.3, 0.4) is 0 Å². The summed E-state index contributed by atoms with van der Waals surface area (Å²) in [5, 5.41) is 10.4. The Hall–Kier alpha value is -3.71. The van der Waals surface area contributed by atoms with Crippen LogP contribution < -0.4 is 14.2 Å². The van der Waals surface area contributed by atoms with Gasteiger partial charge in [-0.25, -0.2) is 0 Å². The summed E-state index contributed by atoms with van der Waals surface area (Å²) in [5.74, 6) is 1.73. The molecule has 0 bridgehead atoms. The highest BCUT2D eigenvalue weighted by atomic mass is 16.5. The van der Waals surface area contributed by atoms with Crippen LogP contribution in [0.15, 0.2) is 66.7 Å². The van der Waals surface area contributed by atoms with Gasteiger partial charge in [0.1, 0.15) is 5.75 Å². The number of carbonyl (C=O) groups is 1. The summed E-state index contributed by atoms with van der Waals surface area (Å²) in [6, 6.07) is 21.8. The zero-order chi connectivity index (χ0) is 26.0. The van der Waals surface area contributed by atoms with E-state index in [2.05, 4.69) is 29.2 Å². The number of para-hydroxylation sites is 1. The number of hydrogen-bond acceptors (Lipinski definition) is 6. The highest BCUT2D eigenvalue weighted by Crippen LogP contribution is 2.55. The summed E-state index contributed by atoms with van der Waals surface area (Å²) in [7, 11) is 4.66. The van der Waals surface area contributed by atoms with E-state index >= 15 is 0 Å². The summed E-state index contributed by atoms with van der Waals surface area (Å²) in [6.07, 6.45) is 1.83. The van der Waals surface area contributed by atoms with Crippen LogP contribution >= 0.6 is 0 Å². The second-order valence-corrected chi connectivity index (χ2v) is 9.92. The van der Waals surface area contributed by atoms with E-state index in [4.69, 9.17) is 14.2 Å². The highest BCUT2D eigenvalue weighted by molar-refractivity contribution is 5.95. The van der Waals surface area contributed by atoms with Crippen molar-refractivity contribution in [2.45, 2.75) is 25.4 Å². The molecule has 37 heavy (non-hydrogen) atoms. The fraction of sp³-hybridized carbons (Fsp3) is 0.367. The van der Waals surface area contributed by atoms with Crippen LogP contribution in [0.2, 0.25) is 0 Å². The van der Waals surface area contributed by atoms with Gasteiger partial charge < -0.3 is 24.2 Å². The number of rotatable bonds is 7. The van der Waals surface area contributed by atoms with Crippen molar-refractivity contribution < 1.29 is 24.1 Å². The van der Waals surface area contributed by atoms with Gasteiger partial charge in [0.05, 0.1) is 21.3 Å². The Morgan fingerprint density at radius 1 is 0.919 bits per heavy atom. The normalized spacial score (nSPS) is 18.8. The van der Waals surface area contributed by atoms with Crippen LogP contribution in [-0.2, 0) is 6.54 Å². The van der Waals surface area contributed by atoms with Gasteiger partial charge in [0.25, 0.3) is 5.91 Å². The van der Waals surface area contributed by atoms with E-state index < -0.39 is 0 Å². The molecule has 2 heterocycles. The minimum Gasteiger partial charge on any atom is -0.508 e. The van der Waals surface area contributed by atoms with Crippen molar-refractivity contribution in [3.63, 3.8) is 0 Å². The third-order valence-corrected chi connectivity index (χ3v) is 7.90. The van der Waals surface area contributed by atoms with E-state index in [-0.39, 0.29) is 17.4 Å². The number of benzene rings is 3. The molecule has 7 nitrogen and oxygen atoms in total. The first kappa shape index (κ1) is 25.0. The van der Waals surface area contributed by atoms with Gasteiger partial charge in [-0.2, -0.15) is 0 Å². The van der Waals surface area contributed by atoms with Gasteiger partial charge in [0.15, 0.2) is 11.5 Å². The first-order chi connectivity index (χ1) is 18.0. The maximum Gasteiger partial charge on any atom is 0.254 e. The topological polar surface area (TPSA) is 71.5 Å². The van der Waals surface area contributed by atoms with Crippen molar-refractivity contribution in [2.24, 2.45) is 5.41 Å². The summed E-state index contributed by atoms with van der Waals surface area (Å²) in [4.78, 5) is 17.9. The number of likely N-dealkylation sites (tertiary alicyclic amines) is 2. The molecule has 7 heteroatoms. The molecule has 1 spiro atoms. The maximum atomic E-state index is 13.5. The van der Waals surface area contributed by atoms with E-state index in [1.54, 1.807) is 39.5 Å². The molecule has 2 fully saturated rings. The lowest BCUT2D eigenvalue weighted by Gasteiger charge is -2.61. The molecule has 1 atom stereocenters. The predicted molar refractivity (Wildman–Crippen MR) is 141 cm³/mol. The summed E-state index contributed by atoms with van der Waals surface area (Å²) in [5.41, 5.74) is 2.85. The Morgan fingerprint density at radius 2 is 1.54 bits per heavy atom. The minimum atomic E-state index is -0.0317. The Morgan fingerprint density at radius 3 is 2.14 bits per heavy atom. The lowest BCUT2D eigenvalue weighted by Crippen LogP contribution is -2.62. The number of phenols is 1. The van der Waals surface area contributed by atoms with E-state index in [1.165, 1.54) is 5.56 Å². The number of nitrogens with zero attached hydrogens (tertiary/aromatic N) is 2. The average Bonchev–Trinajstić information content (AvgIpc) is 2.93. The zero-order valence-electron chi connectivity index (χ0n) is 21.6. The molecule has 0 saturated carbocycles. The van der Waals surface area contributed by atoms with Crippen molar-refractivity contribution in [3.05, 3.63) is 83.4 Å². The quantitative estimate of drug-likeness (QED) is 0.496. The molecular formula is C30H34N2O5. The number of hydrogen-bond donors (Lipinski definition) is 1. The van der Waals surface area contributed by atoms with Gasteiger partial charge in [-0.15, -0.1) is 0 Å². The van der Waals surface area contributed by atoms with Crippen LogP contribution in [0.1, 0.15) is 40.4 Å². The van der Waals surface area contributed by atoms with E-state index in [0.29, 0.717) is 48.2 Å². The number of ether oxygens (including phenoxy) is 3. The van der Waals surface area contributed by atoms with E-state index in [9.17, 15) is 9.90 Å². The number of piperidine rings is 1. The largest absolute Gasteiger partial charge is 0.508 e. The molecule has 194 valence electrons. The van der Waals surface area contributed by atoms with Gasteiger partial charge >= 0.3 is 0 Å². The maximum absolute atomic E-state index is 13.5. The smallest absolute Gasteiger partial charge is 0.254 e. The molecule has 1 unspecified atom stereocenters. The third-order valence-electron chi connectivity index (χ3n) is 7.90. The Bertz CT molecular complexity index is 1230. The molecule has 3 aromatic carbocycles. The van der Waals surface area contributed by atoms with Gasteiger partial charge in [-0.05, 0) is 36.6 Å². The average molecular weight is 503 g/mol. The van der Waals surface area contributed by atoms with Gasteiger partial charge in [0.2, 0.25) is 5.75 Å². The van der Waals surface area contributed by atoms with Gasteiger partial charge in [-0.1, -0.05) is 48.5 Å². The lowest BCUT2D eigenvalue weighted by atomic mass is 9.63. The second-order valence-electron chi connectivity index (χ2n) is 9.92. The summed E-state index contributed by atoms with van der Waals surface area (Å²) < 4.78 is 16.3. The van der Waals surface area contributed by atoms with Crippen LogP contribution in [0.4, 0.5) is 0 Å². The van der Waals surface area contributed by atoms with Crippen LogP contribution in [0.25, 0.3) is 0 Å². The fourth-order valence-electron chi connectivity index (χ4n) is 6.04. The monoisotopic (exact) mass is 502 g/mol. The van der Waals surface area contributed by atoms with E-state index in [0.717, 1.165) is 24.9 Å². The molecule has 2 aliphatic rings. The zero-order valence-corrected chi connectivity index (χ0v) is 21.6. The van der Waals surface area contributed by atoms with Crippen molar-refractivity contribution >= 4 is 5.91 Å². The lowest BCUT2D eigenvalue weighted by molar-refractivity contribution is -0.113. The number of carbonyl (C=O) groups excluding carboxylic acids is 1. The molecule has 0 aromatic heterocycles. The minimum absolute atomic E-state index is 0.0317. The van der Waals surface area contributed by atoms with Crippen LogP contribution in [0.5, 0.6) is 23.0 Å². The van der Waals surface area contributed by atoms with Crippen molar-refractivity contribution in [3.8, 4) is 23.0 Å². The second kappa shape index (κ2) is 10.3. The predicted octanol–water partition coefficient (Wildman–Crippen LogP) is 4.90. The first-order valence-electron chi connectivity index (χ1n) is 12.6. The van der Waals surface area contributed by atoms with Crippen LogP contribution in [0, 0.1) is 5.41 Å². The standard InChI is InChI=1S/C30H34N2O5/c1-35-25-17-23(18-26(36-2)27(25)37-3)29(34)31-15-13-30(14-16-31)20-32(19-22-11-7-8-12-24(22)33)28(30)21-9-5-4-6-10-21/h4-12,17-18,28,33H,13-16,19-20H2,1-3H3. The SMILES string of the molecule is COc1cc(C(=O)N2CCC3(CC2)CN(Cc2ccccc2O)C3c2ccccc2)cc(OC)c1OC. The van der Waals surface area contributed by atoms with E-state index in [1.807, 2.05) is 29.2 Å². The Kier molecular flexibility index (Phi) is 6.98. The van der Waals surface area contributed by atoms with Crippen molar-refractivity contribution in [1.82, 2.24) is 9.80 Å². The third kappa shape index (κ3) is 4.60. The van der Waals surface area contributed by atoms with Gasteiger partial charge in [-0.3, -0.25) is 9.69 Å². The number of phenolic OH excluding ortho intramolecular Hbond substituents is 1. The fourth-order valence-corrected chi connectivity index (χ4v) is 6.04. The molecule has 2 aliphatic heterocycles. The first-order valence-corrected chi connectivity index (χ1v) is 12.6. The molecule has 2 saturated heterocycles. The molecular weight excluding hydrogens is 468 g/mol. The molecule has 3 aromatic rings. The summed E-state index contributed by atoms with van der Waals surface area (Å²) >= 11 is 0. The molecule has 0 aliphatic carbocycles. The van der Waals surface area contributed by atoms with Gasteiger partial charge in [0, 0.05) is 48.8 Å². The molecule has 1 N–H and O–H groups in total. The molecule has 1 amide bonds.